The lowest BCUT2D eigenvalue weighted by Gasteiger charge is -2.30. The van der Waals surface area contributed by atoms with Gasteiger partial charge in [0.1, 0.15) is 6.04 Å². The Morgan fingerprint density at radius 3 is 2.74 bits per heavy atom. The van der Waals surface area contributed by atoms with Crippen LogP contribution in [0.5, 0.6) is 0 Å². The number of rotatable bonds is 5. The molecule has 0 aromatic heterocycles. The summed E-state index contributed by atoms with van der Waals surface area (Å²) in [6.07, 6.45) is 5.33. The van der Waals surface area contributed by atoms with Crippen LogP contribution < -0.4 is 16.0 Å². The fourth-order valence-electron chi connectivity index (χ4n) is 3.72. The van der Waals surface area contributed by atoms with Crippen LogP contribution in [-0.4, -0.2) is 50.1 Å². The molecular weight excluding hydrogens is 298 g/mol. The molecule has 0 bridgehead atoms. The fraction of sp³-hybridized carbons (Fsp3) is 0.812. The van der Waals surface area contributed by atoms with Crippen molar-refractivity contribution in [2.45, 2.75) is 50.6 Å². The van der Waals surface area contributed by atoms with Crippen molar-refractivity contribution in [2.75, 3.05) is 20.2 Å². The average molecular weight is 323 g/mol. The van der Waals surface area contributed by atoms with Crippen molar-refractivity contribution >= 4 is 17.8 Å². The van der Waals surface area contributed by atoms with Gasteiger partial charge in [0.05, 0.1) is 13.2 Å². The van der Waals surface area contributed by atoms with Gasteiger partial charge in [-0.05, 0) is 50.5 Å². The van der Waals surface area contributed by atoms with Crippen LogP contribution in [0.15, 0.2) is 0 Å². The lowest BCUT2D eigenvalue weighted by atomic mass is 9.89. The van der Waals surface area contributed by atoms with E-state index in [9.17, 15) is 14.4 Å². The van der Waals surface area contributed by atoms with Crippen molar-refractivity contribution in [3.63, 3.8) is 0 Å². The van der Waals surface area contributed by atoms with Gasteiger partial charge < -0.3 is 20.7 Å². The number of nitrogens with one attached hydrogen (secondary N) is 3. The van der Waals surface area contributed by atoms with E-state index in [1.165, 1.54) is 20.0 Å². The van der Waals surface area contributed by atoms with Crippen LogP contribution in [0.25, 0.3) is 0 Å². The molecule has 0 radical (unpaired) electrons. The summed E-state index contributed by atoms with van der Waals surface area (Å²) < 4.78 is 4.79. The van der Waals surface area contributed by atoms with Gasteiger partial charge in [0, 0.05) is 12.5 Å². The van der Waals surface area contributed by atoms with E-state index in [1.54, 1.807) is 0 Å². The van der Waals surface area contributed by atoms with Crippen LogP contribution in [-0.2, 0) is 19.1 Å². The molecule has 0 aromatic rings. The summed E-state index contributed by atoms with van der Waals surface area (Å²) >= 11 is 0. The predicted octanol–water partition coefficient (Wildman–Crippen LogP) is -0.297. The molecule has 2 amide bonds. The fourth-order valence-corrected chi connectivity index (χ4v) is 3.72. The third-order valence-electron chi connectivity index (χ3n) is 5.44. The van der Waals surface area contributed by atoms with E-state index >= 15 is 0 Å². The average Bonchev–Trinajstić information content (AvgIpc) is 3.17. The van der Waals surface area contributed by atoms with Gasteiger partial charge in [0.25, 0.3) is 0 Å². The first-order chi connectivity index (χ1) is 11.0. The molecule has 1 aliphatic carbocycles. The highest BCUT2D eigenvalue weighted by Crippen LogP contribution is 2.53. The minimum absolute atomic E-state index is 0.0547. The Hall–Kier alpha value is -1.63. The first kappa shape index (κ1) is 16.2. The normalized spacial score (nSPS) is 29.7. The molecule has 2 heterocycles. The van der Waals surface area contributed by atoms with Crippen molar-refractivity contribution in [3.05, 3.63) is 0 Å². The highest BCUT2D eigenvalue weighted by molar-refractivity contribution is 5.88. The minimum atomic E-state index is -0.764. The Morgan fingerprint density at radius 1 is 1.35 bits per heavy atom. The standard InChI is InChI=1S/C16H25N3O4/c1-23-15(22)11(8-10-2-6-18-13(10)20)19-14(21)12-9-16(3-4-16)5-7-17-12/h10-12,17H,2-9H2,1H3,(H,18,20)(H,19,21). The topological polar surface area (TPSA) is 96.5 Å². The molecule has 0 aromatic carbocycles. The van der Waals surface area contributed by atoms with E-state index in [4.69, 9.17) is 4.74 Å². The molecule has 128 valence electrons. The highest BCUT2D eigenvalue weighted by atomic mass is 16.5. The number of hydrogen-bond acceptors (Lipinski definition) is 5. The van der Waals surface area contributed by atoms with Crippen LogP contribution in [0.4, 0.5) is 0 Å². The zero-order valence-corrected chi connectivity index (χ0v) is 13.5. The molecule has 7 nitrogen and oxygen atoms in total. The zero-order chi connectivity index (χ0) is 16.4. The number of hydrogen-bond donors (Lipinski definition) is 3. The summed E-state index contributed by atoms with van der Waals surface area (Å²) in [7, 11) is 1.30. The van der Waals surface area contributed by atoms with E-state index in [1.807, 2.05) is 0 Å². The second kappa shape index (κ2) is 6.47. The van der Waals surface area contributed by atoms with E-state index in [-0.39, 0.29) is 23.8 Å². The number of piperidine rings is 1. The van der Waals surface area contributed by atoms with Crippen molar-refractivity contribution in [2.24, 2.45) is 11.3 Å². The van der Waals surface area contributed by atoms with E-state index in [0.717, 1.165) is 19.4 Å². The summed E-state index contributed by atoms with van der Waals surface area (Å²) in [4.78, 5) is 36.2. The molecule has 1 spiro atoms. The maximum Gasteiger partial charge on any atom is 0.328 e. The summed E-state index contributed by atoms with van der Waals surface area (Å²) in [5.41, 5.74) is 0.347. The van der Waals surface area contributed by atoms with Crippen molar-refractivity contribution in [1.29, 1.82) is 0 Å². The Bertz CT molecular complexity index is 504. The third-order valence-corrected chi connectivity index (χ3v) is 5.44. The molecular formula is C16H25N3O4. The lowest BCUT2D eigenvalue weighted by Crippen LogP contribution is -2.54. The first-order valence-electron chi connectivity index (χ1n) is 8.42. The summed E-state index contributed by atoms with van der Waals surface area (Å²) in [5.74, 6) is -0.950. The molecule has 3 N–H and O–H groups in total. The Morgan fingerprint density at radius 2 is 2.13 bits per heavy atom. The quantitative estimate of drug-likeness (QED) is 0.604. The molecule has 3 fully saturated rings. The van der Waals surface area contributed by atoms with Crippen molar-refractivity contribution < 1.29 is 19.1 Å². The molecule has 23 heavy (non-hydrogen) atoms. The third kappa shape index (κ3) is 3.65. The Balaban J connectivity index is 1.59. The number of amides is 2. The van der Waals surface area contributed by atoms with Gasteiger partial charge >= 0.3 is 5.97 Å². The number of ether oxygens (including phenoxy) is 1. The number of methoxy groups -OCH3 is 1. The van der Waals surface area contributed by atoms with Gasteiger partial charge in [-0.3, -0.25) is 9.59 Å². The monoisotopic (exact) mass is 323 g/mol. The van der Waals surface area contributed by atoms with Gasteiger partial charge in [0.15, 0.2) is 0 Å². The summed E-state index contributed by atoms with van der Waals surface area (Å²) in [5, 5.41) is 8.78. The van der Waals surface area contributed by atoms with E-state index in [0.29, 0.717) is 24.8 Å². The van der Waals surface area contributed by atoms with Gasteiger partial charge in [-0.25, -0.2) is 4.79 Å². The molecule has 3 rings (SSSR count). The second-order valence-electron chi connectivity index (χ2n) is 7.06. The zero-order valence-electron chi connectivity index (χ0n) is 13.5. The maximum atomic E-state index is 12.5. The van der Waals surface area contributed by atoms with Crippen LogP contribution in [0.2, 0.25) is 0 Å². The number of esters is 1. The van der Waals surface area contributed by atoms with Crippen LogP contribution in [0, 0.1) is 11.3 Å². The molecule has 3 unspecified atom stereocenters. The van der Waals surface area contributed by atoms with Gasteiger partial charge in [-0.1, -0.05) is 0 Å². The van der Waals surface area contributed by atoms with Crippen LogP contribution in [0.3, 0.4) is 0 Å². The smallest absolute Gasteiger partial charge is 0.328 e. The molecule has 3 aliphatic rings. The number of carbonyl (C=O) groups is 3. The van der Waals surface area contributed by atoms with Crippen LogP contribution >= 0.6 is 0 Å². The minimum Gasteiger partial charge on any atom is -0.467 e. The molecule has 2 saturated heterocycles. The van der Waals surface area contributed by atoms with E-state index < -0.39 is 12.0 Å². The predicted molar refractivity (Wildman–Crippen MR) is 82.4 cm³/mol. The summed E-state index contributed by atoms with van der Waals surface area (Å²) in [6, 6.07) is -1.02. The molecule has 3 atom stereocenters. The highest BCUT2D eigenvalue weighted by Gasteiger charge is 2.47. The lowest BCUT2D eigenvalue weighted by molar-refractivity contribution is -0.146. The molecule has 1 saturated carbocycles. The van der Waals surface area contributed by atoms with Crippen molar-refractivity contribution in [3.8, 4) is 0 Å². The van der Waals surface area contributed by atoms with E-state index in [2.05, 4.69) is 16.0 Å². The SMILES string of the molecule is COC(=O)C(CC1CCNC1=O)NC(=O)C1CC2(CCN1)CC2. The van der Waals surface area contributed by atoms with Crippen LogP contribution in [0.1, 0.15) is 38.5 Å². The Kier molecular flexibility index (Phi) is 4.57. The molecule has 2 aliphatic heterocycles. The second-order valence-corrected chi connectivity index (χ2v) is 7.06. The summed E-state index contributed by atoms with van der Waals surface area (Å²) in [6.45, 7) is 1.46. The maximum absolute atomic E-state index is 12.5. The first-order valence-corrected chi connectivity index (χ1v) is 8.42. The molecule has 7 heteroatoms. The number of carbonyl (C=O) groups excluding carboxylic acids is 3. The van der Waals surface area contributed by atoms with Crippen molar-refractivity contribution in [1.82, 2.24) is 16.0 Å². The van der Waals surface area contributed by atoms with Gasteiger partial charge in [-0.15, -0.1) is 0 Å². The Labute approximate surface area is 135 Å². The largest absolute Gasteiger partial charge is 0.467 e. The van der Waals surface area contributed by atoms with Gasteiger partial charge in [-0.2, -0.15) is 0 Å². The van der Waals surface area contributed by atoms with Gasteiger partial charge in [0.2, 0.25) is 11.8 Å².